The lowest BCUT2D eigenvalue weighted by Gasteiger charge is -2.26. The lowest BCUT2D eigenvalue weighted by molar-refractivity contribution is -0.584. The number of hydrogen-bond donors (Lipinski definition) is 1. The predicted octanol–water partition coefficient (Wildman–Crippen LogP) is 2.29. The molecule has 1 fully saturated rings. The molecular formula is C26H30N3O3+. The Morgan fingerprint density at radius 2 is 1.69 bits per heavy atom. The van der Waals surface area contributed by atoms with Gasteiger partial charge in [-0.2, -0.15) is 0 Å². The standard InChI is InChI=1S/C26H29N3O3/c30-25(27-19-22-4-2-1-3-5-22)18-21-6-8-23(9-7-21)24-10-11-26(28-20-24)32-17-14-29-12-15-31-16-13-29/h1-11,20H,12-19H2,(H,27,30)/p+1. The fourth-order valence-corrected chi connectivity index (χ4v) is 3.67. The molecule has 1 aliphatic rings. The molecule has 1 amide bonds. The van der Waals surface area contributed by atoms with Crippen molar-refractivity contribution in [2.45, 2.75) is 13.0 Å². The van der Waals surface area contributed by atoms with Gasteiger partial charge in [0.15, 0.2) is 0 Å². The number of hydrogen-bond acceptors (Lipinski definition) is 5. The van der Waals surface area contributed by atoms with Crippen LogP contribution in [0.4, 0.5) is 0 Å². The molecule has 1 saturated heterocycles. The minimum atomic E-state index is 0.141. The number of carbonyl (C=O) groups excluding carboxylic acids is 1. The molecule has 0 saturated carbocycles. The number of ether oxygens (including phenoxy) is 2. The summed E-state index contributed by atoms with van der Waals surface area (Å²) >= 11 is 0. The van der Waals surface area contributed by atoms with Crippen LogP contribution in [0.1, 0.15) is 11.1 Å². The van der Waals surface area contributed by atoms with Gasteiger partial charge in [-0.15, -0.1) is 0 Å². The summed E-state index contributed by atoms with van der Waals surface area (Å²) in [6.45, 7) is 5.69. The number of amides is 1. The molecular weight excluding hydrogens is 402 g/mol. The number of morpholine rings is 1. The molecule has 6 nitrogen and oxygen atoms in total. The smallest absolute Gasteiger partial charge is 0.315 e. The highest BCUT2D eigenvalue weighted by atomic mass is 16.5. The second kappa shape index (κ2) is 11.5. The third kappa shape index (κ3) is 6.72. The monoisotopic (exact) mass is 432 g/mol. The molecule has 166 valence electrons. The maximum absolute atomic E-state index is 12.3. The summed E-state index contributed by atoms with van der Waals surface area (Å²) in [4.78, 5) is 19.1. The van der Waals surface area contributed by atoms with Crippen molar-refractivity contribution in [2.24, 2.45) is 0 Å². The molecule has 2 heterocycles. The van der Waals surface area contributed by atoms with Crippen LogP contribution >= 0.6 is 0 Å². The van der Waals surface area contributed by atoms with E-state index in [1.807, 2.05) is 72.9 Å². The first-order valence-corrected chi connectivity index (χ1v) is 11.1. The van der Waals surface area contributed by atoms with Crippen molar-refractivity contribution in [3.05, 3.63) is 84.1 Å². The van der Waals surface area contributed by atoms with Gasteiger partial charge in [-0.25, -0.2) is 9.78 Å². The van der Waals surface area contributed by atoms with Gasteiger partial charge in [-0.1, -0.05) is 54.6 Å². The van der Waals surface area contributed by atoms with Gasteiger partial charge < -0.3 is 9.47 Å². The zero-order chi connectivity index (χ0) is 22.0. The molecule has 0 unspecified atom stereocenters. The number of nitrogens with two attached hydrogens (primary N) is 1. The van der Waals surface area contributed by atoms with Gasteiger partial charge in [-0.05, 0) is 17.2 Å². The van der Waals surface area contributed by atoms with Gasteiger partial charge in [0.1, 0.15) is 13.2 Å². The Kier molecular flexibility index (Phi) is 7.98. The average molecular weight is 433 g/mol. The van der Waals surface area contributed by atoms with Crippen molar-refractivity contribution in [3.8, 4) is 17.0 Å². The van der Waals surface area contributed by atoms with E-state index in [0.717, 1.165) is 55.1 Å². The van der Waals surface area contributed by atoms with E-state index in [-0.39, 0.29) is 5.91 Å². The molecule has 0 spiro atoms. The fourth-order valence-electron chi connectivity index (χ4n) is 3.67. The van der Waals surface area contributed by atoms with E-state index in [9.17, 15) is 4.79 Å². The molecule has 0 radical (unpaired) electrons. The Balaban J connectivity index is 1.23. The molecule has 32 heavy (non-hydrogen) atoms. The van der Waals surface area contributed by atoms with Gasteiger partial charge in [-0.3, -0.25) is 10.2 Å². The zero-order valence-electron chi connectivity index (χ0n) is 18.3. The van der Waals surface area contributed by atoms with Crippen LogP contribution in [0.15, 0.2) is 72.9 Å². The zero-order valence-corrected chi connectivity index (χ0v) is 18.3. The van der Waals surface area contributed by atoms with Gasteiger partial charge in [0, 0.05) is 43.0 Å². The topological polar surface area (TPSA) is 68.3 Å². The molecule has 1 aromatic heterocycles. The highest BCUT2D eigenvalue weighted by Crippen LogP contribution is 2.21. The van der Waals surface area contributed by atoms with Gasteiger partial charge in [0.05, 0.1) is 19.6 Å². The van der Waals surface area contributed by atoms with Crippen molar-refractivity contribution >= 4 is 5.91 Å². The Morgan fingerprint density at radius 3 is 2.41 bits per heavy atom. The van der Waals surface area contributed by atoms with Gasteiger partial charge in [0.2, 0.25) is 5.88 Å². The Morgan fingerprint density at radius 1 is 0.938 bits per heavy atom. The first-order chi connectivity index (χ1) is 15.8. The van der Waals surface area contributed by atoms with Gasteiger partial charge in [0.25, 0.3) is 0 Å². The summed E-state index contributed by atoms with van der Waals surface area (Å²) < 4.78 is 11.1. The van der Waals surface area contributed by atoms with E-state index in [2.05, 4.69) is 9.88 Å². The molecule has 0 aliphatic carbocycles. The Hall–Kier alpha value is -3.06. The van der Waals surface area contributed by atoms with Crippen molar-refractivity contribution in [2.75, 3.05) is 39.5 Å². The average Bonchev–Trinajstić information content (AvgIpc) is 2.85. The quantitative estimate of drug-likeness (QED) is 0.562. The Labute approximate surface area is 189 Å². The van der Waals surface area contributed by atoms with Crippen LogP contribution in [0.3, 0.4) is 0 Å². The summed E-state index contributed by atoms with van der Waals surface area (Å²) in [6.07, 6.45) is 2.25. The largest absolute Gasteiger partial charge is 0.476 e. The number of nitrogens with zero attached hydrogens (tertiary/aromatic N) is 2. The number of carbonyl (C=O) groups is 1. The van der Waals surface area contributed by atoms with Crippen LogP contribution in [-0.2, 0) is 22.5 Å². The van der Waals surface area contributed by atoms with Crippen LogP contribution in [0.2, 0.25) is 0 Å². The first-order valence-electron chi connectivity index (χ1n) is 11.1. The minimum Gasteiger partial charge on any atom is -0.476 e. The SMILES string of the molecule is O=C(Cc1ccc(-c2ccc(OCCN3CCOCC3)nc2)cc1)[NH2+]Cc1ccccc1. The highest BCUT2D eigenvalue weighted by molar-refractivity contribution is 5.70. The van der Waals surface area contributed by atoms with Crippen molar-refractivity contribution in [1.82, 2.24) is 9.88 Å². The molecule has 6 heteroatoms. The fraction of sp³-hybridized carbons (Fsp3) is 0.308. The third-order valence-corrected chi connectivity index (χ3v) is 5.57. The number of aromatic nitrogens is 1. The van der Waals surface area contributed by atoms with E-state index in [0.29, 0.717) is 25.5 Å². The van der Waals surface area contributed by atoms with E-state index in [4.69, 9.17) is 9.47 Å². The molecule has 2 N–H and O–H groups in total. The maximum Gasteiger partial charge on any atom is 0.315 e. The minimum absolute atomic E-state index is 0.141. The van der Waals surface area contributed by atoms with Crippen molar-refractivity contribution < 1.29 is 19.6 Å². The number of primary amides is 1. The molecule has 1 aliphatic heterocycles. The number of rotatable bonds is 9. The molecule has 3 aromatic rings. The van der Waals surface area contributed by atoms with Crippen LogP contribution in [0.5, 0.6) is 5.88 Å². The van der Waals surface area contributed by atoms with E-state index >= 15 is 0 Å². The lowest BCUT2D eigenvalue weighted by Crippen LogP contribution is -2.87. The number of quaternary nitrogens is 1. The van der Waals surface area contributed by atoms with E-state index in [1.165, 1.54) is 0 Å². The van der Waals surface area contributed by atoms with E-state index in [1.54, 1.807) is 5.32 Å². The summed E-state index contributed by atoms with van der Waals surface area (Å²) in [6, 6.07) is 22.1. The molecule has 4 rings (SSSR count). The summed E-state index contributed by atoms with van der Waals surface area (Å²) in [7, 11) is 0. The lowest BCUT2D eigenvalue weighted by atomic mass is 10.0. The second-order valence-electron chi connectivity index (χ2n) is 7.92. The van der Waals surface area contributed by atoms with Crippen molar-refractivity contribution in [3.63, 3.8) is 0 Å². The summed E-state index contributed by atoms with van der Waals surface area (Å²) in [5, 5.41) is 1.77. The Bertz CT molecular complexity index is 969. The van der Waals surface area contributed by atoms with Crippen LogP contribution in [0, 0.1) is 0 Å². The maximum atomic E-state index is 12.3. The summed E-state index contributed by atoms with van der Waals surface area (Å²) in [5.74, 6) is 0.778. The van der Waals surface area contributed by atoms with Crippen LogP contribution < -0.4 is 10.1 Å². The molecule has 0 atom stereocenters. The number of pyridine rings is 1. The molecule has 2 aromatic carbocycles. The highest BCUT2D eigenvalue weighted by Gasteiger charge is 2.11. The third-order valence-electron chi connectivity index (χ3n) is 5.57. The van der Waals surface area contributed by atoms with Crippen LogP contribution in [0.25, 0.3) is 11.1 Å². The van der Waals surface area contributed by atoms with Crippen LogP contribution in [-0.4, -0.2) is 55.2 Å². The van der Waals surface area contributed by atoms with Crippen molar-refractivity contribution in [1.29, 1.82) is 0 Å². The first kappa shape index (κ1) is 22.1. The molecule has 0 bridgehead atoms. The summed E-state index contributed by atoms with van der Waals surface area (Å²) in [5.41, 5.74) is 4.26. The predicted molar refractivity (Wildman–Crippen MR) is 123 cm³/mol. The van der Waals surface area contributed by atoms with E-state index < -0.39 is 0 Å². The second-order valence-corrected chi connectivity index (χ2v) is 7.92. The normalized spacial score (nSPS) is 14.2. The number of benzene rings is 2. The van der Waals surface area contributed by atoms with Gasteiger partial charge >= 0.3 is 5.91 Å².